The van der Waals surface area contributed by atoms with E-state index in [2.05, 4.69) is 57.2 Å². The van der Waals surface area contributed by atoms with Crippen molar-refractivity contribution in [3.8, 4) is 28.0 Å². The normalized spacial score (nSPS) is 10.3. The van der Waals surface area contributed by atoms with Gasteiger partial charge in [0.05, 0.1) is 7.11 Å². The first-order valence-corrected chi connectivity index (χ1v) is 9.46. The van der Waals surface area contributed by atoms with Crippen LogP contribution >= 0.6 is 0 Å². The van der Waals surface area contributed by atoms with Crippen LogP contribution in [0.5, 0.6) is 5.75 Å². The molecule has 29 heavy (non-hydrogen) atoms. The minimum absolute atomic E-state index is 0. The summed E-state index contributed by atoms with van der Waals surface area (Å²) in [5.41, 5.74) is 9.33. The Morgan fingerprint density at radius 3 is 2.07 bits per heavy atom. The van der Waals surface area contributed by atoms with Gasteiger partial charge >= 0.3 is 5.97 Å². The lowest BCUT2D eigenvalue weighted by atomic mass is 9.91. The molecule has 0 bridgehead atoms. The van der Waals surface area contributed by atoms with Crippen molar-refractivity contribution in [2.75, 3.05) is 7.11 Å². The van der Waals surface area contributed by atoms with Crippen LogP contribution in [0.3, 0.4) is 0 Å². The zero-order valence-corrected chi connectivity index (χ0v) is 16.9. The van der Waals surface area contributed by atoms with E-state index in [-0.39, 0.29) is 13.8 Å². The maximum atomic E-state index is 11.1. The summed E-state index contributed by atoms with van der Waals surface area (Å²) in [5, 5.41) is 9.08. The summed E-state index contributed by atoms with van der Waals surface area (Å²) < 4.78 is 5.33. The highest BCUT2D eigenvalue weighted by atomic mass is 16.5. The summed E-state index contributed by atoms with van der Waals surface area (Å²) in [4.78, 5) is 11.1. The molecule has 3 aromatic rings. The Labute approximate surface area is 174 Å². The molecule has 0 aliphatic rings. The summed E-state index contributed by atoms with van der Waals surface area (Å²) in [7, 11) is 1.62. The Morgan fingerprint density at radius 2 is 1.45 bits per heavy atom. The molecule has 0 radical (unpaired) electrons. The van der Waals surface area contributed by atoms with Crippen LogP contribution < -0.4 is 4.74 Å². The fourth-order valence-electron chi connectivity index (χ4n) is 3.49. The number of carboxylic acids is 1. The van der Waals surface area contributed by atoms with Crippen LogP contribution in [-0.4, -0.2) is 18.2 Å². The Bertz CT molecular complexity index is 1020. The zero-order valence-electron chi connectivity index (χ0n) is 16.9. The van der Waals surface area contributed by atoms with E-state index in [1.165, 1.54) is 27.8 Å². The molecular weight excluding hydrogens is 360 g/mol. The summed E-state index contributed by atoms with van der Waals surface area (Å²) in [6, 6.07) is 18.9. The smallest absolute Gasteiger partial charge is 0.303 e. The predicted molar refractivity (Wildman–Crippen MR) is 121 cm³/mol. The fourth-order valence-corrected chi connectivity index (χ4v) is 3.49. The molecule has 0 spiro atoms. The molecule has 0 aromatic heterocycles. The Balaban J connectivity index is 0.00000300. The number of aliphatic carboxylic acids is 1. The third kappa shape index (κ3) is 5.05. The molecule has 3 heteroatoms. The monoisotopic (exact) mass is 390 g/mol. The maximum absolute atomic E-state index is 11.1. The molecule has 1 N–H and O–H groups in total. The van der Waals surface area contributed by atoms with Gasteiger partial charge in [0.1, 0.15) is 5.75 Å². The highest BCUT2D eigenvalue weighted by molar-refractivity contribution is 5.76. The van der Waals surface area contributed by atoms with Crippen molar-refractivity contribution in [1.29, 1.82) is 0 Å². The lowest BCUT2D eigenvalue weighted by molar-refractivity contribution is -0.136. The molecule has 3 nitrogen and oxygen atoms in total. The number of ether oxygens (including phenoxy) is 1. The second-order valence-corrected chi connectivity index (χ2v) is 7.25. The first kappa shape index (κ1) is 22.2. The van der Waals surface area contributed by atoms with Crippen LogP contribution in [0.2, 0.25) is 0 Å². The molecule has 3 aromatic carbocycles. The van der Waals surface area contributed by atoms with Gasteiger partial charge in [-0.05, 0) is 83.8 Å². The third-order valence-corrected chi connectivity index (χ3v) is 5.28. The van der Waals surface area contributed by atoms with Crippen LogP contribution in [0.25, 0.3) is 22.3 Å². The van der Waals surface area contributed by atoms with E-state index in [0.717, 1.165) is 22.4 Å². The molecule has 0 fully saturated rings. The predicted octanol–water partition coefficient (Wildman–Crippen LogP) is 6.61. The molecule has 0 unspecified atom stereocenters. The summed E-state index contributed by atoms with van der Waals surface area (Å²) in [5.74, 6) is -0.0531. The molecule has 0 aliphatic heterocycles. The number of hydrogen-bond donors (Lipinski definition) is 1. The van der Waals surface area contributed by atoms with Gasteiger partial charge in [0.2, 0.25) is 0 Å². The van der Waals surface area contributed by atoms with Crippen LogP contribution in [0, 0.1) is 20.8 Å². The number of rotatable bonds is 6. The van der Waals surface area contributed by atoms with Crippen molar-refractivity contribution in [2.24, 2.45) is 0 Å². The van der Waals surface area contributed by atoms with Crippen LogP contribution in [-0.2, 0) is 11.2 Å². The Morgan fingerprint density at radius 1 is 0.828 bits per heavy atom. The van der Waals surface area contributed by atoms with Crippen molar-refractivity contribution >= 4 is 5.97 Å². The van der Waals surface area contributed by atoms with Crippen molar-refractivity contribution in [2.45, 2.75) is 41.0 Å². The summed E-state index contributed by atoms with van der Waals surface area (Å²) >= 11 is 0. The molecule has 0 amide bonds. The van der Waals surface area contributed by atoms with E-state index < -0.39 is 5.97 Å². The summed E-state index contributed by atoms with van der Waals surface area (Å²) in [6.45, 7) is 6.38. The van der Waals surface area contributed by atoms with Crippen molar-refractivity contribution < 1.29 is 14.6 Å². The maximum Gasteiger partial charge on any atom is 0.303 e. The minimum atomic E-state index is -0.796. The van der Waals surface area contributed by atoms with E-state index in [1.807, 2.05) is 18.2 Å². The van der Waals surface area contributed by atoms with Crippen LogP contribution in [0.1, 0.15) is 36.1 Å². The van der Waals surface area contributed by atoms with Crippen LogP contribution in [0.15, 0.2) is 54.6 Å². The van der Waals surface area contributed by atoms with E-state index in [1.54, 1.807) is 7.11 Å². The summed E-state index contributed by atoms with van der Waals surface area (Å²) in [6.07, 6.45) is 0.569. The molecule has 0 aliphatic carbocycles. The minimum Gasteiger partial charge on any atom is -0.497 e. The number of aryl methyl sites for hydroxylation is 4. The number of methoxy groups -OCH3 is 1. The van der Waals surface area contributed by atoms with E-state index in [9.17, 15) is 4.79 Å². The van der Waals surface area contributed by atoms with Gasteiger partial charge in [-0.25, -0.2) is 0 Å². The Hall–Kier alpha value is -3.07. The molecule has 0 saturated heterocycles. The third-order valence-electron chi connectivity index (χ3n) is 5.28. The van der Waals surface area contributed by atoms with Crippen molar-refractivity contribution in [3.63, 3.8) is 0 Å². The standard InChI is InChI=1S/C25H26O3.CH4/c1-16-5-6-19(13-17(16)2)23-10-7-20(14-18(23)3)24-11-9-22(28-4)15-21(24)8-12-25(26)27;/h5-7,9-11,13-15H,8,12H2,1-4H3,(H,26,27);1H4. The SMILES string of the molecule is C.COc1ccc(-c2ccc(-c3ccc(C)c(C)c3)c(C)c2)c(CCC(=O)O)c1. The number of hydrogen-bond acceptors (Lipinski definition) is 2. The molecular formula is C26H30O3. The fraction of sp³-hybridized carbons (Fsp3) is 0.269. The van der Waals surface area contributed by atoms with Gasteiger partial charge in [0, 0.05) is 6.42 Å². The first-order chi connectivity index (χ1) is 13.4. The largest absolute Gasteiger partial charge is 0.497 e. The quantitative estimate of drug-likeness (QED) is 0.515. The molecule has 3 rings (SSSR count). The topological polar surface area (TPSA) is 46.5 Å². The van der Waals surface area contributed by atoms with Gasteiger partial charge < -0.3 is 9.84 Å². The van der Waals surface area contributed by atoms with Gasteiger partial charge in [-0.15, -0.1) is 0 Å². The number of benzene rings is 3. The number of carboxylic acid groups (broad SMARTS) is 1. The van der Waals surface area contributed by atoms with Gasteiger partial charge in [-0.2, -0.15) is 0 Å². The van der Waals surface area contributed by atoms with Crippen molar-refractivity contribution in [3.05, 3.63) is 76.9 Å². The second-order valence-electron chi connectivity index (χ2n) is 7.25. The van der Waals surface area contributed by atoms with Crippen molar-refractivity contribution in [1.82, 2.24) is 0 Å². The Kier molecular flexibility index (Phi) is 7.22. The molecule has 0 saturated carbocycles. The highest BCUT2D eigenvalue weighted by Crippen LogP contribution is 2.33. The lowest BCUT2D eigenvalue weighted by Gasteiger charge is -2.14. The van der Waals surface area contributed by atoms with Crippen LogP contribution in [0.4, 0.5) is 0 Å². The molecule has 0 heterocycles. The average Bonchev–Trinajstić information content (AvgIpc) is 2.68. The van der Waals surface area contributed by atoms with E-state index in [4.69, 9.17) is 9.84 Å². The van der Waals surface area contributed by atoms with E-state index in [0.29, 0.717) is 6.42 Å². The first-order valence-electron chi connectivity index (χ1n) is 9.46. The average molecular weight is 391 g/mol. The highest BCUT2D eigenvalue weighted by Gasteiger charge is 2.11. The van der Waals surface area contributed by atoms with Gasteiger partial charge in [-0.1, -0.05) is 49.9 Å². The van der Waals surface area contributed by atoms with Gasteiger partial charge in [-0.3, -0.25) is 4.79 Å². The van der Waals surface area contributed by atoms with E-state index >= 15 is 0 Å². The van der Waals surface area contributed by atoms with Gasteiger partial charge in [0.15, 0.2) is 0 Å². The van der Waals surface area contributed by atoms with Gasteiger partial charge in [0.25, 0.3) is 0 Å². The lowest BCUT2D eigenvalue weighted by Crippen LogP contribution is -2.00. The zero-order chi connectivity index (χ0) is 20.3. The molecule has 0 atom stereocenters. The number of carbonyl (C=O) groups is 1. The molecule has 152 valence electrons. The second kappa shape index (κ2) is 9.42.